The van der Waals surface area contributed by atoms with Crippen LogP contribution in [0.1, 0.15) is 74.8 Å². The van der Waals surface area contributed by atoms with Crippen molar-refractivity contribution in [2.24, 2.45) is 17.8 Å². The average Bonchev–Trinajstić information content (AvgIpc) is 3.37. The van der Waals surface area contributed by atoms with Crippen LogP contribution in [0.2, 0.25) is 0 Å². The van der Waals surface area contributed by atoms with Crippen LogP contribution >= 0.6 is 0 Å². The Kier molecular flexibility index (Phi) is 9.34. The fourth-order valence-corrected chi connectivity index (χ4v) is 7.50. The first-order chi connectivity index (χ1) is 18.9. The molecule has 212 valence electrons. The van der Waals surface area contributed by atoms with Crippen molar-refractivity contribution in [2.75, 3.05) is 32.7 Å². The summed E-state index contributed by atoms with van der Waals surface area (Å²) in [5.74, 6) is -2.16. The van der Waals surface area contributed by atoms with Crippen LogP contribution in [0.4, 0.5) is 8.78 Å². The van der Waals surface area contributed by atoms with Crippen LogP contribution in [-0.2, 0) is 10.7 Å². The van der Waals surface area contributed by atoms with Gasteiger partial charge in [0, 0.05) is 37.5 Å². The molecule has 0 spiro atoms. The molecular weight excluding hydrogens is 494 g/mol. The fourth-order valence-electron chi connectivity index (χ4n) is 7.50. The minimum atomic E-state index is -2.77. The number of carboxylic acid groups (broad SMARTS) is 1. The Bertz CT molecular complexity index is 1040. The van der Waals surface area contributed by atoms with Crippen molar-refractivity contribution in [3.05, 3.63) is 71.8 Å². The molecular formula is C33H44F2N2O2. The van der Waals surface area contributed by atoms with Crippen molar-refractivity contribution >= 4 is 5.97 Å². The number of rotatable bonds is 10. The summed E-state index contributed by atoms with van der Waals surface area (Å²) in [4.78, 5) is 17.3. The summed E-state index contributed by atoms with van der Waals surface area (Å²) < 4.78 is 29.4. The number of likely N-dealkylation sites (tertiary alicyclic amines) is 2. The number of halogens is 2. The lowest BCUT2D eigenvalue weighted by Crippen LogP contribution is -2.46. The van der Waals surface area contributed by atoms with Crippen LogP contribution in [0.15, 0.2) is 60.7 Å². The van der Waals surface area contributed by atoms with Gasteiger partial charge in [-0.3, -0.25) is 9.69 Å². The van der Waals surface area contributed by atoms with Crippen LogP contribution in [0.3, 0.4) is 0 Å². The van der Waals surface area contributed by atoms with Gasteiger partial charge < -0.3 is 10.0 Å². The molecule has 0 aromatic heterocycles. The largest absolute Gasteiger partial charge is 0.480 e. The molecule has 0 amide bonds. The maximum Gasteiger partial charge on any atom is 0.321 e. The lowest BCUT2D eigenvalue weighted by atomic mass is 9.83. The highest BCUT2D eigenvalue weighted by atomic mass is 19.3. The number of piperidine rings is 1. The normalized spacial score (nSPS) is 25.1. The summed E-state index contributed by atoms with van der Waals surface area (Å²) in [6.07, 6.45) is 7.91. The zero-order valence-electron chi connectivity index (χ0n) is 23.1. The van der Waals surface area contributed by atoms with Crippen LogP contribution < -0.4 is 0 Å². The zero-order chi connectivity index (χ0) is 27.2. The smallest absolute Gasteiger partial charge is 0.321 e. The number of hydrogen-bond donors (Lipinski definition) is 1. The van der Waals surface area contributed by atoms with E-state index in [0.717, 1.165) is 71.2 Å². The van der Waals surface area contributed by atoms with Gasteiger partial charge in [0.05, 0.1) is 0 Å². The van der Waals surface area contributed by atoms with E-state index in [9.17, 15) is 18.7 Å². The number of alkyl halides is 2. The van der Waals surface area contributed by atoms with Gasteiger partial charge in [0.2, 0.25) is 0 Å². The van der Waals surface area contributed by atoms with Gasteiger partial charge in [-0.15, -0.1) is 0 Å². The highest BCUT2D eigenvalue weighted by Gasteiger charge is 2.43. The Hall–Kier alpha value is -2.31. The predicted molar refractivity (Wildman–Crippen MR) is 151 cm³/mol. The fraction of sp³-hybridized carbons (Fsp3) is 0.606. The number of hydrogen-bond acceptors (Lipinski definition) is 3. The van der Waals surface area contributed by atoms with Gasteiger partial charge in [-0.05, 0) is 68.5 Å². The van der Waals surface area contributed by atoms with E-state index in [-0.39, 0.29) is 17.9 Å². The molecule has 1 aliphatic carbocycles. The van der Waals surface area contributed by atoms with Gasteiger partial charge in [-0.1, -0.05) is 79.9 Å². The molecule has 2 saturated heterocycles. The lowest BCUT2D eigenvalue weighted by molar-refractivity contribution is -0.145. The van der Waals surface area contributed by atoms with E-state index in [1.54, 1.807) is 18.2 Å². The minimum absolute atomic E-state index is 0.0902. The maximum absolute atomic E-state index is 14.7. The second-order valence-corrected chi connectivity index (χ2v) is 12.3. The zero-order valence-corrected chi connectivity index (χ0v) is 23.1. The van der Waals surface area contributed by atoms with Gasteiger partial charge in [0.1, 0.15) is 6.04 Å². The lowest BCUT2D eigenvalue weighted by Gasteiger charge is -2.35. The quantitative estimate of drug-likeness (QED) is 0.353. The Labute approximate surface area is 232 Å². The average molecular weight is 539 g/mol. The first-order valence-corrected chi connectivity index (χ1v) is 15.1. The molecule has 3 atom stereocenters. The summed E-state index contributed by atoms with van der Waals surface area (Å²) in [5.41, 5.74) is 1.42. The highest BCUT2D eigenvalue weighted by Crippen LogP contribution is 2.40. The third-order valence-electron chi connectivity index (χ3n) is 9.70. The monoisotopic (exact) mass is 538 g/mol. The van der Waals surface area contributed by atoms with Gasteiger partial charge in [0.25, 0.3) is 5.92 Å². The second-order valence-electron chi connectivity index (χ2n) is 12.3. The van der Waals surface area contributed by atoms with Gasteiger partial charge in [-0.2, -0.15) is 0 Å². The van der Waals surface area contributed by atoms with Crippen molar-refractivity contribution in [1.82, 2.24) is 9.80 Å². The Morgan fingerprint density at radius 3 is 2.18 bits per heavy atom. The van der Waals surface area contributed by atoms with Gasteiger partial charge >= 0.3 is 5.97 Å². The molecule has 1 N–H and O–H groups in total. The van der Waals surface area contributed by atoms with Crippen molar-refractivity contribution in [2.45, 2.75) is 75.7 Å². The molecule has 2 aromatic carbocycles. The highest BCUT2D eigenvalue weighted by molar-refractivity contribution is 5.74. The van der Waals surface area contributed by atoms with E-state index < -0.39 is 17.9 Å². The summed E-state index contributed by atoms with van der Waals surface area (Å²) in [6.45, 7) is 4.43. The molecule has 0 bridgehead atoms. The Balaban J connectivity index is 1.19. The summed E-state index contributed by atoms with van der Waals surface area (Å²) in [6, 6.07) is 18.4. The van der Waals surface area contributed by atoms with Crippen LogP contribution in [0, 0.1) is 17.8 Å². The van der Waals surface area contributed by atoms with E-state index in [4.69, 9.17) is 0 Å². The van der Waals surface area contributed by atoms with E-state index in [1.807, 2.05) is 6.07 Å². The molecule has 3 fully saturated rings. The molecule has 0 radical (unpaired) electrons. The Morgan fingerprint density at radius 1 is 0.897 bits per heavy atom. The van der Waals surface area contributed by atoms with Gasteiger partial charge in [-0.25, -0.2) is 8.78 Å². The molecule has 3 unspecified atom stereocenters. The molecule has 2 heterocycles. The molecule has 2 aliphatic heterocycles. The standard InChI is InChI=1S/C33H44F2N2O2/c34-33(35,29-14-8-3-9-15-29)19-16-25-17-20-36(21-18-25)22-28-23-37(24-30(28)26-10-4-1-5-11-26)31(32(38)39)27-12-6-2-7-13-27/h1,3-5,8-11,14-15,25,27-28,30-31H,2,6-7,12-13,16-24H2,(H,38,39). The minimum Gasteiger partial charge on any atom is -0.480 e. The summed E-state index contributed by atoms with van der Waals surface area (Å²) in [5, 5.41) is 10.3. The molecule has 3 aliphatic rings. The van der Waals surface area contributed by atoms with Crippen molar-refractivity contribution in [1.29, 1.82) is 0 Å². The van der Waals surface area contributed by atoms with Crippen molar-refractivity contribution in [3.8, 4) is 0 Å². The van der Waals surface area contributed by atoms with Crippen molar-refractivity contribution in [3.63, 3.8) is 0 Å². The van der Waals surface area contributed by atoms with E-state index >= 15 is 0 Å². The summed E-state index contributed by atoms with van der Waals surface area (Å²) in [7, 11) is 0. The van der Waals surface area contributed by atoms with Gasteiger partial charge in [0.15, 0.2) is 0 Å². The number of aliphatic carboxylic acids is 1. The van der Waals surface area contributed by atoms with E-state index in [0.29, 0.717) is 24.2 Å². The first kappa shape index (κ1) is 28.2. The molecule has 1 saturated carbocycles. The number of benzene rings is 2. The second kappa shape index (κ2) is 12.9. The first-order valence-electron chi connectivity index (χ1n) is 15.1. The number of nitrogens with zero attached hydrogens (tertiary/aromatic N) is 2. The number of carbonyl (C=O) groups is 1. The predicted octanol–water partition coefficient (Wildman–Crippen LogP) is 7.02. The maximum atomic E-state index is 14.7. The summed E-state index contributed by atoms with van der Waals surface area (Å²) >= 11 is 0. The topological polar surface area (TPSA) is 43.8 Å². The molecule has 5 rings (SSSR count). The number of carboxylic acids is 1. The molecule has 6 heteroatoms. The van der Waals surface area contributed by atoms with Crippen LogP contribution in [-0.4, -0.2) is 59.6 Å². The van der Waals surface area contributed by atoms with E-state index in [2.05, 4.69) is 34.1 Å². The van der Waals surface area contributed by atoms with Crippen molar-refractivity contribution < 1.29 is 18.7 Å². The molecule has 39 heavy (non-hydrogen) atoms. The van der Waals surface area contributed by atoms with Crippen LogP contribution in [0.5, 0.6) is 0 Å². The SMILES string of the molecule is O=C(O)C(C1CCCCC1)N1CC(CN2CCC(CCC(F)(F)c3ccccc3)CC2)C(c2ccccc2)C1. The Morgan fingerprint density at radius 2 is 1.54 bits per heavy atom. The third-order valence-corrected chi connectivity index (χ3v) is 9.70. The third kappa shape index (κ3) is 7.07. The molecule has 4 nitrogen and oxygen atoms in total. The van der Waals surface area contributed by atoms with Crippen LogP contribution in [0.25, 0.3) is 0 Å². The van der Waals surface area contributed by atoms with E-state index in [1.165, 1.54) is 24.1 Å². The molecule has 2 aromatic rings.